The number of H-pyrrole nitrogens is 1. The zero-order valence-corrected chi connectivity index (χ0v) is 20.5. The number of hydrogen-bond acceptors (Lipinski definition) is 5. The number of thiophene rings is 1. The van der Waals surface area contributed by atoms with Gasteiger partial charge in [-0.3, -0.25) is 9.59 Å². The Morgan fingerprint density at radius 1 is 1.15 bits per heavy atom. The number of thioether (sulfide) groups is 1. The third-order valence-electron chi connectivity index (χ3n) is 5.75. The third-order valence-corrected chi connectivity index (χ3v) is 7.76. The molecule has 2 aromatic heterocycles. The fourth-order valence-corrected chi connectivity index (χ4v) is 5.46. The predicted molar refractivity (Wildman–Crippen MR) is 134 cm³/mol. The normalized spacial score (nSPS) is 13.1. The van der Waals surface area contributed by atoms with E-state index in [-0.39, 0.29) is 11.5 Å². The van der Waals surface area contributed by atoms with Crippen LogP contribution in [0.15, 0.2) is 58.7 Å². The SMILES string of the molecule is CC(SCc1nc2scc(-c3ccccc3)c2c(=O)[nH]1)C(=O)N(C)C(C)c1ccc(F)c(F)c1. The van der Waals surface area contributed by atoms with E-state index in [9.17, 15) is 18.4 Å². The first-order valence-corrected chi connectivity index (χ1v) is 12.6. The quantitative estimate of drug-likeness (QED) is 0.351. The van der Waals surface area contributed by atoms with Crippen LogP contribution in [0.5, 0.6) is 0 Å². The van der Waals surface area contributed by atoms with Gasteiger partial charge < -0.3 is 9.88 Å². The lowest BCUT2D eigenvalue weighted by atomic mass is 10.1. The standard InChI is InChI=1S/C25H23F2N3O2S2/c1-14(17-9-10-19(26)20(27)11-17)30(3)25(32)15(2)33-13-21-28-23(31)22-18(12-34-24(22)29-21)16-7-5-4-6-8-16/h4-12,14-15H,13H2,1-3H3,(H,28,29,31). The largest absolute Gasteiger partial charge is 0.338 e. The number of aromatic amines is 1. The van der Waals surface area contributed by atoms with E-state index in [0.717, 1.165) is 23.3 Å². The molecule has 0 spiro atoms. The first kappa shape index (κ1) is 24.1. The monoisotopic (exact) mass is 499 g/mol. The van der Waals surface area contributed by atoms with E-state index in [4.69, 9.17) is 0 Å². The summed E-state index contributed by atoms with van der Waals surface area (Å²) in [5, 5.41) is 2.07. The zero-order chi connectivity index (χ0) is 24.4. The van der Waals surface area contributed by atoms with E-state index >= 15 is 0 Å². The summed E-state index contributed by atoms with van der Waals surface area (Å²) in [6, 6.07) is 12.9. The second kappa shape index (κ2) is 10.1. The molecule has 0 bridgehead atoms. The number of nitrogens with one attached hydrogen (secondary N) is 1. The van der Waals surface area contributed by atoms with Crippen molar-refractivity contribution in [1.29, 1.82) is 0 Å². The van der Waals surface area contributed by atoms with Gasteiger partial charge in [0.2, 0.25) is 5.91 Å². The molecule has 2 heterocycles. The summed E-state index contributed by atoms with van der Waals surface area (Å²) in [6.07, 6.45) is 0. The maximum absolute atomic E-state index is 13.6. The molecule has 5 nitrogen and oxygen atoms in total. The lowest BCUT2D eigenvalue weighted by Crippen LogP contribution is -2.35. The lowest BCUT2D eigenvalue weighted by molar-refractivity contribution is -0.130. The van der Waals surface area contributed by atoms with Crippen molar-refractivity contribution in [3.63, 3.8) is 0 Å². The number of carbonyl (C=O) groups excluding carboxylic acids is 1. The molecule has 0 saturated carbocycles. The van der Waals surface area contributed by atoms with E-state index in [1.165, 1.54) is 34.1 Å². The van der Waals surface area contributed by atoms with Crippen molar-refractivity contribution in [2.24, 2.45) is 0 Å². The molecule has 2 atom stereocenters. The van der Waals surface area contributed by atoms with Crippen LogP contribution in [0.1, 0.15) is 31.3 Å². The fourth-order valence-electron chi connectivity index (χ4n) is 3.64. The summed E-state index contributed by atoms with van der Waals surface area (Å²) in [7, 11) is 1.63. The second-order valence-electron chi connectivity index (χ2n) is 7.96. The number of halogens is 2. The molecule has 0 aliphatic heterocycles. The van der Waals surface area contributed by atoms with E-state index < -0.39 is 22.9 Å². The first-order valence-electron chi connectivity index (χ1n) is 10.6. The van der Waals surface area contributed by atoms with Crippen LogP contribution in [0.2, 0.25) is 0 Å². The average Bonchev–Trinajstić information content (AvgIpc) is 3.28. The van der Waals surface area contributed by atoms with Crippen LogP contribution in [0.3, 0.4) is 0 Å². The summed E-state index contributed by atoms with van der Waals surface area (Å²) < 4.78 is 26.8. The fraction of sp³-hybridized carbons (Fsp3) is 0.240. The number of nitrogens with zero attached hydrogens (tertiary/aromatic N) is 2. The summed E-state index contributed by atoms with van der Waals surface area (Å²) >= 11 is 2.76. The molecule has 9 heteroatoms. The number of benzene rings is 2. The van der Waals surface area contributed by atoms with Crippen LogP contribution in [0, 0.1) is 11.6 Å². The highest BCUT2D eigenvalue weighted by Gasteiger charge is 2.24. The maximum Gasteiger partial charge on any atom is 0.260 e. The van der Waals surface area contributed by atoms with Crippen molar-refractivity contribution in [1.82, 2.24) is 14.9 Å². The molecule has 1 amide bonds. The van der Waals surface area contributed by atoms with Crippen molar-refractivity contribution < 1.29 is 13.6 Å². The molecule has 34 heavy (non-hydrogen) atoms. The summed E-state index contributed by atoms with van der Waals surface area (Å²) in [5.74, 6) is -1.17. The minimum absolute atomic E-state index is 0.159. The van der Waals surface area contributed by atoms with Crippen LogP contribution < -0.4 is 5.56 Å². The van der Waals surface area contributed by atoms with Crippen molar-refractivity contribution in [3.8, 4) is 11.1 Å². The van der Waals surface area contributed by atoms with Gasteiger partial charge in [0.15, 0.2) is 11.6 Å². The zero-order valence-electron chi connectivity index (χ0n) is 18.8. The van der Waals surface area contributed by atoms with Gasteiger partial charge in [-0.2, -0.15) is 0 Å². The lowest BCUT2D eigenvalue weighted by Gasteiger charge is -2.28. The Morgan fingerprint density at radius 2 is 1.88 bits per heavy atom. The number of carbonyl (C=O) groups is 1. The van der Waals surface area contributed by atoms with E-state index in [2.05, 4.69) is 9.97 Å². The number of fused-ring (bicyclic) bond motifs is 1. The Balaban J connectivity index is 1.45. The molecule has 0 fully saturated rings. The minimum Gasteiger partial charge on any atom is -0.338 e. The Bertz CT molecular complexity index is 1390. The van der Waals surface area contributed by atoms with Crippen molar-refractivity contribution >= 4 is 39.2 Å². The molecule has 0 radical (unpaired) electrons. The number of amides is 1. The van der Waals surface area contributed by atoms with Crippen molar-refractivity contribution in [2.45, 2.75) is 30.9 Å². The molecular formula is C25H23F2N3O2S2. The van der Waals surface area contributed by atoms with Gasteiger partial charge in [-0.05, 0) is 37.1 Å². The second-order valence-corrected chi connectivity index (χ2v) is 10.1. The van der Waals surface area contributed by atoms with E-state index in [1.54, 1.807) is 20.9 Å². The van der Waals surface area contributed by atoms with Gasteiger partial charge in [0.1, 0.15) is 10.7 Å². The number of aromatic nitrogens is 2. The van der Waals surface area contributed by atoms with Gasteiger partial charge >= 0.3 is 0 Å². The Kier molecular flexibility index (Phi) is 7.13. The number of rotatable bonds is 7. The highest BCUT2D eigenvalue weighted by molar-refractivity contribution is 7.99. The van der Waals surface area contributed by atoms with Crippen LogP contribution in [0.25, 0.3) is 21.3 Å². The summed E-state index contributed by atoms with van der Waals surface area (Å²) in [4.78, 5) is 35.3. The maximum atomic E-state index is 13.6. The summed E-state index contributed by atoms with van der Waals surface area (Å²) in [5.41, 5.74) is 2.12. The molecule has 2 unspecified atom stereocenters. The van der Waals surface area contributed by atoms with Gasteiger partial charge in [0.05, 0.1) is 22.4 Å². The van der Waals surface area contributed by atoms with Gasteiger partial charge in [-0.15, -0.1) is 23.1 Å². The highest BCUT2D eigenvalue weighted by atomic mass is 32.2. The third kappa shape index (κ3) is 4.90. The average molecular weight is 500 g/mol. The topological polar surface area (TPSA) is 66.1 Å². The Hall–Kier alpha value is -3.04. The van der Waals surface area contributed by atoms with Crippen molar-refractivity contribution in [3.05, 3.63) is 87.3 Å². The molecule has 0 aliphatic carbocycles. The van der Waals surface area contributed by atoms with E-state index in [0.29, 0.717) is 27.4 Å². The molecule has 1 N–H and O–H groups in total. The van der Waals surface area contributed by atoms with Gasteiger partial charge in [-0.1, -0.05) is 36.4 Å². The van der Waals surface area contributed by atoms with Crippen LogP contribution in [0.4, 0.5) is 8.78 Å². The van der Waals surface area contributed by atoms with Gasteiger partial charge in [-0.25, -0.2) is 13.8 Å². The Morgan fingerprint density at radius 3 is 2.59 bits per heavy atom. The molecular weight excluding hydrogens is 476 g/mol. The molecule has 2 aromatic carbocycles. The number of hydrogen-bond donors (Lipinski definition) is 1. The minimum atomic E-state index is -0.943. The summed E-state index contributed by atoms with van der Waals surface area (Å²) in [6.45, 7) is 3.53. The smallest absolute Gasteiger partial charge is 0.260 e. The first-order chi connectivity index (χ1) is 16.3. The molecule has 0 saturated heterocycles. The van der Waals surface area contributed by atoms with Crippen LogP contribution in [-0.2, 0) is 10.5 Å². The highest BCUT2D eigenvalue weighted by Crippen LogP contribution is 2.31. The molecule has 176 valence electrons. The molecule has 4 aromatic rings. The van der Waals surface area contributed by atoms with Gasteiger partial charge in [0, 0.05) is 18.0 Å². The predicted octanol–water partition coefficient (Wildman–Crippen LogP) is 5.77. The molecule has 0 aliphatic rings. The van der Waals surface area contributed by atoms with Crippen molar-refractivity contribution in [2.75, 3.05) is 7.05 Å². The van der Waals surface area contributed by atoms with Crippen LogP contribution >= 0.6 is 23.1 Å². The van der Waals surface area contributed by atoms with Gasteiger partial charge in [0.25, 0.3) is 5.56 Å². The van der Waals surface area contributed by atoms with Crippen LogP contribution in [-0.4, -0.2) is 33.1 Å². The molecule has 4 rings (SSSR count). The van der Waals surface area contributed by atoms with E-state index in [1.807, 2.05) is 35.7 Å². The Labute approximate surface area is 203 Å².